The number of furan rings is 1. The molecule has 2 saturated heterocycles. The SMILES string of the molecule is COc1ccc2c(c1F)C(=O)N(C[C@@]1(c3cc4nc(N5C(=O)CCC5C)ccc4o3)NC(=O)N(COC(=O)C(C)(C)C)C1=O)C2. The van der Waals surface area contributed by atoms with Gasteiger partial charge in [0.15, 0.2) is 29.4 Å². The number of aromatic nitrogens is 1. The highest BCUT2D eigenvalue weighted by atomic mass is 19.1. The number of nitrogens with zero attached hydrogens (tertiary/aromatic N) is 4. The van der Waals surface area contributed by atoms with Gasteiger partial charge in [-0.05, 0) is 57.9 Å². The molecule has 0 spiro atoms. The third-order valence-corrected chi connectivity index (χ3v) is 8.33. The topological polar surface area (TPSA) is 152 Å². The number of amides is 5. The zero-order chi connectivity index (χ0) is 32.4. The number of esters is 1. The average Bonchev–Trinajstić information content (AvgIpc) is 3.71. The van der Waals surface area contributed by atoms with E-state index in [0.29, 0.717) is 29.7 Å². The van der Waals surface area contributed by atoms with Crippen LogP contribution in [-0.4, -0.2) is 70.9 Å². The van der Waals surface area contributed by atoms with Crippen LogP contribution in [0.3, 0.4) is 0 Å². The maximum Gasteiger partial charge on any atom is 0.328 e. The van der Waals surface area contributed by atoms with Gasteiger partial charge in [-0.15, -0.1) is 0 Å². The third kappa shape index (κ3) is 4.84. The summed E-state index contributed by atoms with van der Waals surface area (Å²) in [6.07, 6.45) is 1.09. The van der Waals surface area contributed by atoms with Crippen molar-refractivity contribution in [3.63, 3.8) is 0 Å². The fourth-order valence-electron chi connectivity index (χ4n) is 5.84. The smallest absolute Gasteiger partial charge is 0.328 e. The van der Waals surface area contributed by atoms with Crippen LogP contribution in [0.5, 0.6) is 5.75 Å². The highest BCUT2D eigenvalue weighted by Gasteiger charge is 2.57. The molecule has 6 rings (SSSR count). The second-order valence-electron chi connectivity index (χ2n) is 12.5. The number of hydrogen-bond donors (Lipinski definition) is 1. The summed E-state index contributed by atoms with van der Waals surface area (Å²) in [5, 5.41) is 2.65. The van der Waals surface area contributed by atoms with Gasteiger partial charge in [-0.3, -0.25) is 24.1 Å². The van der Waals surface area contributed by atoms with Crippen LogP contribution in [0, 0.1) is 11.2 Å². The molecule has 3 aliphatic heterocycles. The summed E-state index contributed by atoms with van der Waals surface area (Å²) in [5.74, 6) is -2.85. The number of benzene rings is 1. The first-order chi connectivity index (χ1) is 21.2. The van der Waals surface area contributed by atoms with Crippen molar-refractivity contribution in [2.24, 2.45) is 5.41 Å². The Labute approximate surface area is 257 Å². The number of nitrogens with one attached hydrogen (secondary N) is 1. The van der Waals surface area contributed by atoms with Gasteiger partial charge in [0.05, 0.1) is 24.6 Å². The molecular formula is C31H32FN5O8. The number of carbonyl (C=O) groups excluding carboxylic acids is 5. The van der Waals surface area contributed by atoms with Crippen LogP contribution in [0.2, 0.25) is 0 Å². The monoisotopic (exact) mass is 621 g/mol. The Morgan fingerprint density at radius 3 is 2.60 bits per heavy atom. The lowest BCUT2D eigenvalue weighted by atomic mass is 9.95. The van der Waals surface area contributed by atoms with Gasteiger partial charge in [0, 0.05) is 25.1 Å². The van der Waals surface area contributed by atoms with E-state index in [0.717, 1.165) is 4.90 Å². The predicted octanol–water partition coefficient (Wildman–Crippen LogP) is 3.44. The molecule has 0 bridgehead atoms. The maximum absolute atomic E-state index is 15.1. The number of halogens is 1. The van der Waals surface area contributed by atoms with Gasteiger partial charge >= 0.3 is 12.0 Å². The van der Waals surface area contributed by atoms with E-state index in [-0.39, 0.29) is 41.2 Å². The van der Waals surface area contributed by atoms with Gasteiger partial charge in [0.2, 0.25) is 5.91 Å². The van der Waals surface area contributed by atoms with Crippen molar-refractivity contribution in [1.29, 1.82) is 0 Å². The number of carbonyl (C=O) groups is 5. The number of imide groups is 1. The van der Waals surface area contributed by atoms with E-state index >= 15 is 4.39 Å². The van der Waals surface area contributed by atoms with Gasteiger partial charge in [0.1, 0.15) is 17.1 Å². The Morgan fingerprint density at radius 1 is 1.18 bits per heavy atom. The first-order valence-electron chi connectivity index (χ1n) is 14.4. The van der Waals surface area contributed by atoms with Crippen LogP contribution in [-0.2, 0) is 31.2 Å². The quantitative estimate of drug-likeness (QED) is 0.309. The second kappa shape index (κ2) is 10.6. The minimum absolute atomic E-state index is 0.0484. The van der Waals surface area contributed by atoms with Crippen molar-refractivity contribution >= 4 is 46.6 Å². The number of fused-ring (bicyclic) bond motifs is 2. The summed E-state index contributed by atoms with van der Waals surface area (Å²) in [7, 11) is 1.28. The molecule has 0 saturated carbocycles. The molecule has 236 valence electrons. The van der Waals surface area contributed by atoms with Gasteiger partial charge in [-0.2, -0.15) is 0 Å². The molecule has 2 aromatic heterocycles. The Kier molecular flexibility index (Phi) is 7.05. The minimum atomic E-state index is -1.99. The number of hydrogen-bond acceptors (Lipinski definition) is 9. The lowest BCUT2D eigenvalue weighted by Crippen LogP contribution is -2.52. The van der Waals surface area contributed by atoms with E-state index in [1.54, 1.807) is 43.9 Å². The average molecular weight is 622 g/mol. The van der Waals surface area contributed by atoms with Crippen LogP contribution >= 0.6 is 0 Å². The van der Waals surface area contributed by atoms with Gasteiger partial charge < -0.3 is 24.1 Å². The normalized spacial score (nSPS) is 21.6. The summed E-state index contributed by atoms with van der Waals surface area (Å²) in [5.41, 5.74) is -2.13. The van der Waals surface area contributed by atoms with Crippen molar-refractivity contribution in [3.05, 3.63) is 53.0 Å². The molecule has 0 aliphatic carbocycles. The summed E-state index contributed by atoms with van der Waals surface area (Å²) < 4.78 is 31.5. The van der Waals surface area contributed by atoms with E-state index < -0.39 is 53.9 Å². The van der Waals surface area contributed by atoms with Gasteiger partial charge in [0.25, 0.3) is 11.8 Å². The Morgan fingerprint density at radius 2 is 1.93 bits per heavy atom. The van der Waals surface area contributed by atoms with Crippen LogP contribution in [0.25, 0.3) is 11.1 Å². The molecule has 1 aromatic carbocycles. The van der Waals surface area contributed by atoms with Crippen LogP contribution in [0.1, 0.15) is 62.2 Å². The van der Waals surface area contributed by atoms with Crippen molar-refractivity contribution in [3.8, 4) is 5.75 Å². The third-order valence-electron chi connectivity index (χ3n) is 8.33. The number of urea groups is 1. The Balaban J connectivity index is 1.39. The van der Waals surface area contributed by atoms with Crippen molar-refractivity contribution < 1.29 is 42.3 Å². The number of anilines is 1. The van der Waals surface area contributed by atoms with Crippen molar-refractivity contribution in [2.75, 3.05) is 25.3 Å². The van der Waals surface area contributed by atoms with E-state index in [4.69, 9.17) is 13.9 Å². The number of pyridine rings is 1. The molecule has 13 nitrogen and oxygen atoms in total. The molecule has 2 atom stereocenters. The molecule has 5 amide bonds. The lowest BCUT2D eigenvalue weighted by molar-refractivity contribution is -0.158. The van der Waals surface area contributed by atoms with Gasteiger partial charge in [-0.25, -0.2) is 19.1 Å². The van der Waals surface area contributed by atoms with Crippen molar-refractivity contribution in [2.45, 2.75) is 58.7 Å². The zero-order valence-corrected chi connectivity index (χ0v) is 25.4. The van der Waals surface area contributed by atoms with Crippen LogP contribution in [0.4, 0.5) is 15.0 Å². The molecule has 5 heterocycles. The van der Waals surface area contributed by atoms with E-state index in [1.165, 1.54) is 24.1 Å². The van der Waals surface area contributed by atoms with Crippen LogP contribution in [0.15, 0.2) is 34.7 Å². The molecule has 3 aliphatic rings. The Bertz CT molecular complexity index is 1780. The van der Waals surface area contributed by atoms with Crippen LogP contribution < -0.4 is 15.0 Å². The summed E-state index contributed by atoms with van der Waals surface area (Å²) in [6.45, 7) is 5.62. The maximum atomic E-state index is 15.1. The molecule has 14 heteroatoms. The van der Waals surface area contributed by atoms with E-state index in [2.05, 4.69) is 10.3 Å². The minimum Gasteiger partial charge on any atom is -0.494 e. The Hall–Kier alpha value is -5.01. The van der Waals surface area contributed by atoms with E-state index in [9.17, 15) is 24.0 Å². The first kappa shape index (κ1) is 30.0. The standard InChI is InChI=1S/C31H32FN5O8/c1-16-6-11-23(38)37(16)22-10-9-19-18(33-22)12-21(45-19)31(27(40)36(29(42)34-31)15-44-28(41)30(2,3)4)14-35-13-17-7-8-20(43-5)25(32)24(17)26(35)39/h7-10,12,16H,6,11,13-15H2,1-5H3,(H,34,42)/t16?,31-/m0/s1. The number of ether oxygens (including phenoxy) is 2. The molecule has 1 N–H and O–H groups in total. The molecule has 3 aromatic rings. The highest BCUT2D eigenvalue weighted by molar-refractivity contribution is 6.08. The predicted molar refractivity (Wildman–Crippen MR) is 155 cm³/mol. The summed E-state index contributed by atoms with van der Waals surface area (Å²) in [6, 6.07) is 6.73. The molecule has 2 fully saturated rings. The fourth-order valence-corrected chi connectivity index (χ4v) is 5.84. The molecule has 45 heavy (non-hydrogen) atoms. The highest BCUT2D eigenvalue weighted by Crippen LogP contribution is 2.38. The largest absolute Gasteiger partial charge is 0.494 e. The van der Waals surface area contributed by atoms with E-state index in [1.807, 2.05) is 6.92 Å². The zero-order valence-electron chi connectivity index (χ0n) is 25.4. The number of methoxy groups -OCH3 is 1. The number of rotatable bonds is 7. The summed E-state index contributed by atoms with van der Waals surface area (Å²) in [4.78, 5) is 74.1. The first-order valence-corrected chi connectivity index (χ1v) is 14.4. The lowest BCUT2D eigenvalue weighted by Gasteiger charge is -2.29. The second-order valence-corrected chi connectivity index (χ2v) is 12.5. The van der Waals surface area contributed by atoms with Crippen molar-refractivity contribution in [1.82, 2.24) is 20.1 Å². The molecule has 0 radical (unpaired) electrons. The molecule has 1 unspecified atom stereocenters. The summed E-state index contributed by atoms with van der Waals surface area (Å²) >= 11 is 0. The molecular weight excluding hydrogens is 589 g/mol. The fraction of sp³-hybridized carbons (Fsp3) is 0.419. The van der Waals surface area contributed by atoms with Gasteiger partial charge in [-0.1, -0.05) is 6.07 Å².